The highest BCUT2D eigenvalue weighted by molar-refractivity contribution is 7.19. The lowest BCUT2D eigenvalue weighted by Gasteiger charge is -2.36. The number of primary amides is 1. The van der Waals surface area contributed by atoms with Crippen LogP contribution in [-0.2, 0) is 9.47 Å². The predicted molar refractivity (Wildman–Crippen MR) is 80.8 cm³/mol. The Balaban J connectivity index is 2.47. The second-order valence-corrected chi connectivity index (χ2v) is 6.04. The van der Waals surface area contributed by atoms with Crippen molar-refractivity contribution in [1.82, 2.24) is 0 Å². The van der Waals surface area contributed by atoms with E-state index >= 15 is 0 Å². The molecule has 2 rings (SSSR count). The van der Waals surface area contributed by atoms with Gasteiger partial charge in [0, 0.05) is 13.1 Å². The largest absolute Gasteiger partial charge is 0.465 e. The summed E-state index contributed by atoms with van der Waals surface area (Å²) in [5.74, 6) is -1.22. The van der Waals surface area contributed by atoms with Crippen LogP contribution in [0.1, 0.15) is 33.9 Å². The van der Waals surface area contributed by atoms with Gasteiger partial charge in [0.1, 0.15) is 9.88 Å². The zero-order valence-corrected chi connectivity index (χ0v) is 13.0. The van der Waals surface area contributed by atoms with Gasteiger partial charge in [0.25, 0.3) is 5.91 Å². The van der Waals surface area contributed by atoms with Crippen molar-refractivity contribution in [2.45, 2.75) is 26.1 Å². The molecule has 1 aliphatic rings. The number of thiophene rings is 1. The summed E-state index contributed by atoms with van der Waals surface area (Å²) in [5.41, 5.74) is 11.6. The van der Waals surface area contributed by atoms with Gasteiger partial charge in [-0.2, -0.15) is 0 Å². The first kappa shape index (κ1) is 15.6. The smallest absolute Gasteiger partial charge is 0.350 e. The first-order valence-corrected chi connectivity index (χ1v) is 7.37. The van der Waals surface area contributed by atoms with Crippen molar-refractivity contribution in [3.63, 3.8) is 0 Å². The number of nitrogens with two attached hydrogens (primary N) is 2. The van der Waals surface area contributed by atoms with Gasteiger partial charge in [-0.05, 0) is 13.8 Å². The maximum atomic E-state index is 11.7. The van der Waals surface area contributed by atoms with Crippen LogP contribution in [0, 0.1) is 0 Å². The van der Waals surface area contributed by atoms with E-state index in [4.69, 9.17) is 20.9 Å². The fraction of sp³-hybridized carbons (Fsp3) is 0.538. The van der Waals surface area contributed by atoms with E-state index in [1.165, 1.54) is 7.11 Å². The Morgan fingerprint density at radius 2 is 1.90 bits per heavy atom. The van der Waals surface area contributed by atoms with Crippen LogP contribution < -0.4 is 16.4 Å². The van der Waals surface area contributed by atoms with Crippen LogP contribution in [0.5, 0.6) is 0 Å². The first-order valence-electron chi connectivity index (χ1n) is 6.55. The van der Waals surface area contributed by atoms with Crippen LogP contribution in [0.4, 0.5) is 10.7 Å². The molecule has 0 aromatic carbocycles. The highest BCUT2D eigenvalue weighted by Crippen LogP contribution is 2.39. The van der Waals surface area contributed by atoms with Crippen LogP contribution in [0.15, 0.2) is 0 Å². The zero-order valence-electron chi connectivity index (χ0n) is 12.2. The topological polar surface area (TPSA) is 108 Å². The summed E-state index contributed by atoms with van der Waals surface area (Å²) < 4.78 is 10.4. The monoisotopic (exact) mass is 313 g/mol. The number of nitrogen functional groups attached to an aromatic ring is 1. The fourth-order valence-corrected chi connectivity index (χ4v) is 3.64. The van der Waals surface area contributed by atoms with E-state index in [1.807, 2.05) is 18.7 Å². The SMILES string of the molecule is COC(=O)c1sc(N2CC(C)OC(C)C2)c(C(N)=O)c1N. The standard InChI is InChI=1S/C13H19N3O4S/c1-6-4-16(5-7(2)20-6)12-8(11(15)17)9(14)10(21-12)13(18)19-3/h6-7H,4-5,14H2,1-3H3,(H2,15,17). The molecule has 2 atom stereocenters. The van der Waals surface area contributed by atoms with Crippen LogP contribution in [0.25, 0.3) is 0 Å². The fourth-order valence-electron chi connectivity index (χ4n) is 2.48. The molecule has 0 radical (unpaired) electrons. The number of methoxy groups -OCH3 is 1. The average molecular weight is 313 g/mol. The molecule has 2 unspecified atom stereocenters. The van der Waals surface area contributed by atoms with Gasteiger partial charge in [0.15, 0.2) is 0 Å². The minimum atomic E-state index is -0.652. The van der Waals surface area contributed by atoms with E-state index in [2.05, 4.69) is 0 Å². The number of amides is 1. The number of carbonyl (C=O) groups excluding carboxylic acids is 2. The lowest BCUT2D eigenvalue weighted by molar-refractivity contribution is -0.00505. The Labute approximate surface area is 126 Å². The highest BCUT2D eigenvalue weighted by Gasteiger charge is 2.31. The molecule has 1 fully saturated rings. The van der Waals surface area contributed by atoms with E-state index in [1.54, 1.807) is 0 Å². The summed E-state index contributed by atoms with van der Waals surface area (Å²) in [4.78, 5) is 25.6. The van der Waals surface area contributed by atoms with E-state index in [-0.39, 0.29) is 28.3 Å². The summed E-state index contributed by atoms with van der Waals surface area (Å²) in [7, 11) is 1.27. The van der Waals surface area contributed by atoms with Crippen molar-refractivity contribution in [1.29, 1.82) is 0 Å². The van der Waals surface area contributed by atoms with Gasteiger partial charge in [-0.1, -0.05) is 0 Å². The maximum absolute atomic E-state index is 11.7. The Kier molecular flexibility index (Phi) is 4.38. The molecule has 2 heterocycles. The second kappa shape index (κ2) is 5.90. The van der Waals surface area contributed by atoms with Gasteiger partial charge in [-0.25, -0.2) is 4.79 Å². The molecule has 1 aromatic rings. The minimum Gasteiger partial charge on any atom is -0.465 e. The number of esters is 1. The predicted octanol–water partition coefficient (Wildman–Crippen LogP) is 0.829. The molecule has 4 N–H and O–H groups in total. The van der Waals surface area contributed by atoms with E-state index in [0.717, 1.165) is 11.3 Å². The van der Waals surface area contributed by atoms with Crippen LogP contribution >= 0.6 is 11.3 Å². The van der Waals surface area contributed by atoms with Crippen molar-refractivity contribution in [2.75, 3.05) is 30.8 Å². The van der Waals surface area contributed by atoms with Gasteiger partial charge < -0.3 is 25.8 Å². The molecule has 0 saturated carbocycles. The molecule has 116 valence electrons. The number of morpholine rings is 1. The lowest BCUT2D eigenvalue weighted by atomic mass is 10.2. The van der Waals surface area contributed by atoms with E-state index in [9.17, 15) is 9.59 Å². The van der Waals surface area contributed by atoms with Gasteiger partial charge in [-0.3, -0.25) is 4.79 Å². The Morgan fingerprint density at radius 1 is 1.33 bits per heavy atom. The summed E-state index contributed by atoms with van der Waals surface area (Å²) in [6.45, 7) is 5.10. The molecule has 0 aliphatic carbocycles. The number of rotatable bonds is 3. The number of nitrogens with zero attached hydrogens (tertiary/aromatic N) is 1. The van der Waals surface area contributed by atoms with Crippen molar-refractivity contribution < 1.29 is 19.1 Å². The summed E-state index contributed by atoms with van der Waals surface area (Å²) in [6.07, 6.45) is 0.0266. The number of anilines is 2. The average Bonchev–Trinajstić information content (AvgIpc) is 2.74. The molecule has 1 amide bonds. The zero-order chi connectivity index (χ0) is 15.7. The molecule has 0 spiro atoms. The third-order valence-electron chi connectivity index (χ3n) is 3.25. The van der Waals surface area contributed by atoms with Crippen LogP contribution in [0.2, 0.25) is 0 Å². The maximum Gasteiger partial charge on any atom is 0.350 e. The van der Waals surface area contributed by atoms with Gasteiger partial charge in [0.05, 0.1) is 30.6 Å². The second-order valence-electron chi connectivity index (χ2n) is 5.04. The molecular formula is C13H19N3O4S. The van der Waals surface area contributed by atoms with Gasteiger partial charge >= 0.3 is 5.97 Å². The molecule has 1 aromatic heterocycles. The Morgan fingerprint density at radius 3 is 2.38 bits per heavy atom. The number of carbonyl (C=O) groups is 2. The van der Waals surface area contributed by atoms with Crippen molar-refractivity contribution in [3.05, 3.63) is 10.4 Å². The third kappa shape index (κ3) is 2.96. The molecule has 0 bridgehead atoms. The van der Waals surface area contributed by atoms with Gasteiger partial charge in [0.2, 0.25) is 0 Å². The quantitative estimate of drug-likeness (QED) is 0.800. The molecule has 7 nitrogen and oxygen atoms in total. The Hall–Kier alpha value is -1.80. The summed E-state index contributed by atoms with van der Waals surface area (Å²) >= 11 is 1.13. The van der Waals surface area contributed by atoms with E-state index < -0.39 is 11.9 Å². The number of hydrogen-bond donors (Lipinski definition) is 2. The van der Waals surface area contributed by atoms with Crippen LogP contribution in [-0.4, -0.2) is 44.3 Å². The van der Waals surface area contributed by atoms with Crippen LogP contribution in [0.3, 0.4) is 0 Å². The molecule has 21 heavy (non-hydrogen) atoms. The highest BCUT2D eigenvalue weighted by atomic mass is 32.1. The van der Waals surface area contributed by atoms with Crippen molar-refractivity contribution in [3.8, 4) is 0 Å². The van der Waals surface area contributed by atoms with Gasteiger partial charge in [-0.15, -0.1) is 11.3 Å². The normalized spacial score (nSPS) is 22.1. The summed E-state index contributed by atoms with van der Waals surface area (Å²) in [6, 6.07) is 0. The first-order chi connectivity index (χ1) is 9.85. The van der Waals surface area contributed by atoms with Crippen molar-refractivity contribution in [2.24, 2.45) is 5.73 Å². The van der Waals surface area contributed by atoms with Crippen molar-refractivity contribution >= 4 is 33.9 Å². The number of hydrogen-bond acceptors (Lipinski definition) is 7. The molecule has 1 aliphatic heterocycles. The molecular weight excluding hydrogens is 294 g/mol. The third-order valence-corrected chi connectivity index (χ3v) is 4.50. The number of ether oxygens (including phenoxy) is 2. The molecule has 8 heteroatoms. The lowest BCUT2D eigenvalue weighted by Crippen LogP contribution is -2.45. The molecule has 1 saturated heterocycles. The summed E-state index contributed by atoms with van der Waals surface area (Å²) in [5, 5.41) is 0.599. The Bertz CT molecular complexity index is 562. The van der Waals surface area contributed by atoms with E-state index in [0.29, 0.717) is 18.1 Å². The minimum absolute atomic E-state index is 0.0133.